The van der Waals surface area contributed by atoms with E-state index in [1.54, 1.807) is 0 Å². The molecule has 0 aliphatic heterocycles. The van der Waals surface area contributed by atoms with E-state index in [0.717, 1.165) is 12.3 Å². The molecular weight excluding hydrogens is 543 g/mol. The average Bonchev–Trinajstić information content (AvgIpc) is 2.60. The molecule has 3 heteroatoms. The largest absolute Gasteiger partial charge is 4.00 e. The normalized spacial score (nSPS) is 11.2. The van der Waals surface area contributed by atoms with Crippen molar-refractivity contribution in [2.45, 2.75) is 111 Å². The molecule has 0 aliphatic carbocycles. The van der Waals surface area contributed by atoms with E-state index in [-0.39, 0.29) is 53.7 Å². The number of hydrogen-bond donors (Lipinski definition) is 0. The Hall–Kier alpha value is -0.440. The van der Waals surface area contributed by atoms with Gasteiger partial charge in [-0.1, -0.05) is 115 Å². The van der Waals surface area contributed by atoms with Crippen molar-refractivity contribution >= 4 is 11.4 Å². The summed E-state index contributed by atoms with van der Waals surface area (Å²) in [6.07, 6.45) is 7.86. The fourth-order valence-electron chi connectivity index (χ4n) is 3.33. The maximum absolute atomic E-state index is 5.24. The van der Waals surface area contributed by atoms with Crippen LogP contribution in [0.1, 0.15) is 117 Å². The molecule has 0 N–H and O–H groups in total. The molecule has 178 valence electrons. The summed E-state index contributed by atoms with van der Waals surface area (Å²) < 4.78 is 0. The molecule has 0 spiro atoms. The van der Waals surface area contributed by atoms with Crippen molar-refractivity contribution in [1.82, 2.24) is 0 Å². The van der Waals surface area contributed by atoms with Crippen molar-refractivity contribution in [2.24, 2.45) is 4.99 Å². The predicted octanol–water partition coefficient (Wildman–Crippen LogP) is 9.89. The van der Waals surface area contributed by atoms with Gasteiger partial charge in [0.15, 0.2) is 0 Å². The molecule has 0 saturated carbocycles. The van der Waals surface area contributed by atoms with Crippen LogP contribution in [0.15, 0.2) is 23.2 Å². The Bertz CT molecular complexity index is 562. The second kappa shape index (κ2) is 19.1. The summed E-state index contributed by atoms with van der Waals surface area (Å²) in [6.45, 7) is 18.8. The number of para-hydroxylation sites is 1. The summed E-state index contributed by atoms with van der Waals surface area (Å²) in [5.74, 6) is 0.942. The van der Waals surface area contributed by atoms with E-state index in [1.807, 2.05) is 0 Å². The maximum atomic E-state index is 5.24. The van der Waals surface area contributed by atoms with Crippen LogP contribution in [0.2, 0.25) is 0 Å². The van der Waals surface area contributed by atoms with Crippen molar-refractivity contribution in [1.29, 1.82) is 0 Å². The number of hydrogen-bond acceptors (Lipinski definition) is 1. The van der Waals surface area contributed by atoms with Crippen LogP contribution >= 0.6 is 0 Å². The minimum absolute atomic E-state index is 0. The zero-order valence-electron chi connectivity index (χ0n) is 22.7. The van der Waals surface area contributed by atoms with Crippen LogP contribution < -0.4 is 0 Å². The van der Waals surface area contributed by atoms with E-state index in [9.17, 15) is 0 Å². The van der Waals surface area contributed by atoms with E-state index in [2.05, 4.69) is 73.6 Å². The monoisotopic (exact) mass is 596 g/mol. The molecule has 0 fully saturated rings. The molecule has 0 bridgehead atoms. The molecule has 0 unspecified atom stereocenters. The van der Waals surface area contributed by atoms with Crippen LogP contribution in [0.25, 0.3) is 5.32 Å². The van der Waals surface area contributed by atoms with Crippen molar-refractivity contribution in [2.75, 3.05) is 6.54 Å². The first-order valence-corrected chi connectivity index (χ1v) is 11.1. The van der Waals surface area contributed by atoms with Gasteiger partial charge in [0.2, 0.25) is 0 Å². The summed E-state index contributed by atoms with van der Waals surface area (Å²) in [7, 11) is 0. The number of aliphatic imine (C=N–C) groups is 1. The zero-order chi connectivity index (χ0) is 20.4. The molecule has 0 aliphatic rings. The van der Waals surface area contributed by atoms with Crippen molar-refractivity contribution < 1.29 is 25.8 Å². The van der Waals surface area contributed by atoms with E-state index in [4.69, 9.17) is 10.3 Å². The summed E-state index contributed by atoms with van der Waals surface area (Å²) in [5, 5.41) is 5.24. The van der Waals surface area contributed by atoms with Gasteiger partial charge in [-0.2, -0.15) is 0 Å². The number of nitrogens with zero attached hydrogens (tertiary/aromatic N) is 2. The van der Waals surface area contributed by atoms with Crippen LogP contribution in [-0.2, 0) is 25.8 Å². The molecule has 0 heterocycles. The van der Waals surface area contributed by atoms with Gasteiger partial charge in [0.1, 0.15) is 0 Å². The first-order chi connectivity index (χ1) is 12.7. The molecule has 0 aromatic heterocycles. The molecule has 0 amide bonds. The first kappa shape index (κ1) is 37.9. The third-order valence-electron chi connectivity index (χ3n) is 5.48. The van der Waals surface area contributed by atoms with Crippen LogP contribution in [0.4, 0.5) is 5.69 Å². The summed E-state index contributed by atoms with van der Waals surface area (Å²) >= 11 is 0. The Kier molecular flexibility index (Phi) is 23.3. The fraction of sp³-hybridized carbons (Fsp3) is 0.643. The Labute approximate surface area is 216 Å². The van der Waals surface area contributed by atoms with Gasteiger partial charge in [-0.3, -0.25) is 4.99 Å². The fourth-order valence-corrected chi connectivity index (χ4v) is 3.33. The van der Waals surface area contributed by atoms with Gasteiger partial charge in [-0.15, -0.1) is 5.69 Å². The third kappa shape index (κ3) is 13.0. The van der Waals surface area contributed by atoms with Crippen molar-refractivity contribution in [3.05, 3.63) is 56.9 Å². The second-order valence-electron chi connectivity index (χ2n) is 9.00. The average molecular weight is 595 g/mol. The molecular formula is C28H52HfN2. The minimum Gasteiger partial charge on any atom is -0.674 e. The number of rotatable bonds is 12. The van der Waals surface area contributed by atoms with E-state index in [0.29, 0.717) is 11.8 Å². The molecule has 0 saturated heterocycles. The minimum atomic E-state index is -0.267. The SMILES string of the molecule is CCCCCCCCN=C(C)C(C)(C)[N-]c1c(C(C)C)cccc1C(C)C.[CH3-].[CH3-].[CH3-].[Hf+4]. The van der Waals surface area contributed by atoms with Gasteiger partial charge in [-0.05, 0) is 30.9 Å². The van der Waals surface area contributed by atoms with Gasteiger partial charge < -0.3 is 27.6 Å². The number of benzene rings is 1. The van der Waals surface area contributed by atoms with Crippen molar-refractivity contribution in [3.63, 3.8) is 0 Å². The molecule has 1 aromatic rings. The van der Waals surface area contributed by atoms with Gasteiger partial charge in [0, 0.05) is 6.54 Å². The van der Waals surface area contributed by atoms with Gasteiger partial charge in [0.05, 0.1) is 0 Å². The standard InChI is InChI=1S/C25H43N2.3CH3.Hf/c1-9-10-11-12-13-14-18-26-21(6)25(7,8)27-24-22(19(2)3)16-15-17-23(24)20(4)5;;;;/h15-17,19-20H,9-14,18H2,1-8H3;3*1H3;/q4*-1;+4. The molecule has 0 radical (unpaired) electrons. The molecule has 0 atom stereocenters. The summed E-state index contributed by atoms with van der Waals surface area (Å²) in [4.78, 5) is 4.88. The second-order valence-corrected chi connectivity index (χ2v) is 9.00. The van der Waals surface area contributed by atoms with Crippen LogP contribution in [0.3, 0.4) is 0 Å². The van der Waals surface area contributed by atoms with Crippen LogP contribution in [-0.4, -0.2) is 17.8 Å². The third-order valence-corrected chi connectivity index (χ3v) is 5.48. The number of unbranched alkanes of at least 4 members (excludes halogenated alkanes) is 5. The van der Waals surface area contributed by atoms with E-state index < -0.39 is 0 Å². The molecule has 31 heavy (non-hydrogen) atoms. The molecule has 1 aromatic carbocycles. The zero-order valence-corrected chi connectivity index (χ0v) is 26.3. The quantitative estimate of drug-likeness (QED) is 0.0996. The first-order valence-electron chi connectivity index (χ1n) is 11.1. The Morgan fingerprint density at radius 2 is 1.32 bits per heavy atom. The smallest absolute Gasteiger partial charge is 0.674 e. The Balaban J connectivity index is -0.000000911. The molecule has 1 rings (SSSR count). The van der Waals surface area contributed by atoms with Gasteiger partial charge in [-0.25, -0.2) is 0 Å². The van der Waals surface area contributed by atoms with Gasteiger partial charge >= 0.3 is 25.8 Å². The summed E-state index contributed by atoms with van der Waals surface area (Å²) in [5.41, 5.74) is 4.75. The van der Waals surface area contributed by atoms with Crippen molar-refractivity contribution in [3.8, 4) is 0 Å². The van der Waals surface area contributed by atoms with Crippen LogP contribution in [0, 0.1) is 22.3 Å². The Morgan fingerprint density at radius 1 is 0.871 bits per heavy atom. The maximum Gasteiger partial charge on any atom is 4.00 e. The molecule has 2 nitrogen and oxygen atoms in total. The summed E-state index contributed by atoms with van der Waals surface area (Å²) in [6, 6.07) is 6.64. The predicted molar refractivity (Wildman–Crippen MR) is 142 cm³/mol. The topological polar surface area (TPSA) is 26.5 Å². The van der Waals surface area contributed by atoms with Gasteiger partial charge in [0.25, 0.3) is 0 Å². The van der Waals surface area contributed by atoms with Crippen LogP contribution in [0.5, 0.6) is 0 Å². The van der Waals surface area contributed by atoms with E-state index in [1.165, 1.54) is 55.3 Å². The Morgan fingerprint density at radius 3 is 1.77 bits per heavy atom. The van der Waals surface area contributed by atoms with E-state index >= 15 is 0 Å².